The van der Waals surface area contributed by atoms with Crippen molar-refractivity contribution in [3.8, 4) is 11.1 Å². The third-order valence-electron chi connectivity index (χ3n) is 2.67. The summed E-state index contributed by atoms with van der Waals surface area (Å²) in [6.45, 7) is 2.03. The zero-order valence-electron chi connectivity index (χ0n) is 9.34. The van der Waals surface area contributed by atoms with E-state index in [1.54, 1.807) is 30.1 Å². The van der Waals surface area contributed by atoms with Gasteiger partial charge in [0.2, 0.25) is 5.56 Å². The van der Waals surface area contributed by atoms with Crippen LogP contribution in [0.3, 0.4) is 0 Å². The van der Waals surface area contributed by atoms with Gasteiger partial charge in [0, 0.05) is 29.9 Å². The first-order chi connectivity index (χ1) is 7.74. The third kappa shape index (κ3) is 1.74. The fraction of sp³-hybridized carbons (Fsp3) is 0.250. The second-order valence-corrected chi connectivity index (χ2v) is 3.58. The molecule has 0 aliphatic rings. The average molecular weight is 215 g/mol. The van der Waals surface area contributed by atoms with Gasteiger partial charge in [0.15, 0.2) is 0 Å². The van der Waals surface area contributed by atoms with Crippen LogP contribution in [0.2, 0.25) is 0 Å². The molecule has 0 amide bonds. The highest BCUT2D eigenvalue weighted by atomic mass is 16.1. The molecule has 0 aliphatic carbocycles. The Balaban J connectivity index is 2.67. The van der Waals surface area contributed by atoms with Crippen molar-refractivity contribution < 1.29 is 0 Å². The van der Waals surface area contributed by atoms with Gasteiger partial charge in [-0.25, -0.2) is 0 Å². The summed E-state index contributed by atoms with van der Waals surface area (Å²) in [7, 11) is 1.79. The van der Waals surface area contributed by atoms with Gasteiger partial charge < -0.3 is 4.57 Å². The second kappa shape index (κ2) is 4.26. The maximum absolute atomic E-state index is 11.5. The van der Waals surface area contributed by atoms with Gasteiger partial charge >= 0.3 is 0 Å². The SMILES string of the molecule is CCc1c(-c2ccnnc2)ccc(=O)n1C. The summed E-state index contributed by atoms with van der Waals surface area (Å²) in [6.07, 6.45) is 4.17. The monoisotopic (exact) mass is 215 g/mol. The minimum Gasteiger partial charge on any atom is -0.315 e. The van der Waals surface area contributed by atoms with E-state index < -0.39 is 0 Å². The van der Waals surface area contributed by atoms with Crippen molar-refractivity contribution in [1.29, 1.82) is 0 Å². The third-order valence-corrected chi connectivity index (χ3v) is 2.67. The Morgan fingerprint density at radius 2 is 2.06 bits per heavy atom. The summed E-state index contributed by atoms with van der Waals surface area (Å²) in [4.78, 5) is 11.5. The summed E-state index contributed by atoms with van der Waals surface area (Å²) in [5, 5.41) is 7.60. The average Bonchev–Trinajstić information content (AvgIpc) is 2.33. The summed E-state index contributed by atoms with van der Waals surface area (Å²) in [5.74, 6) is 0. The first kappa shape index (κ1) is 10.5. The van der Waals surface area contributed by atoms with E-state index in [1.165, 1.54) is 0 Å². The van der Waals surface area contributed by atoms with Crippen LogP contribution in [0.4, 0.5) is 0 Å². The predicted molar refractivity (Wildman–Crippen MR) is 62.1 cm³/mol. The van der Waals surface area contributed by atoms with Crippen LogP contribution >= 0.6 is 0 Å². The Morgan fingerprint density at radius 1 is 1.25 bits per heavy atom. The Hall–Kier alpha value is -1.97. The van der Waals surface area contributed by atoms with Crippen molar-refractivity contribution in [3.05, 3.63) is 46.6 Å². The molecule has 0 bridgehead atoms. The van der Waals surface area contributed by atoms with Gasteiger partial charge in [0.1, 0.15) is 0 Å². The maximum Gasteiger partial charge on any atom is 0.250 e. The van der Waals surface area contributed by atoms with E-state index in [4.69, 9.17) is 0 Å². The number of aromatic nitrogens is 3. The van der Waals surface area contributed by atoms with Crippen molar-refractivity contribution in [3.63, 3.8) is 0 Å². The predicted octanol–water partition coefficient (Wildman–Crippen LogP) is 1.40. The fourth-order valence-corrected chi connectivity index (χ4v) is 1.82. The summed E-state index contributed by atoms with van der Waals surface area (Å²) in [6, 6.07) is 5.32. The molecular weight excluding hydrogens is 202 g/mol. The molecule has 0 radical (unpaired) electrons. The normalized spacial score (nSPS) is 10.4. The maximum atomic E-state index is 11.5. The van der Waals surface area contributed by atoms with Crippen LogP contribution < -0.4 is 5.56 Å². The molecule has 0 atom stereocenters. The molecule has 2 aromatic rings. The molecule has 2 aromatic heterocycles. The molecule has 4 heteroatoms. The van der Waals surface area contributed by atoms with Crippen molar-refractivity contribution in [2.24, 2.45) is 7.05 Å². The first-order valence-corrected chi connectivity index (χ1v) is 5.20. The van der Waals surface area contributed by atoms with E-state index in [0.717, 1.165) is 23.2 Å². The molecule has 0 aliphatic heterocycles. The van der Waals surface area contributed by atoms with Crippen molar-refractivity contribution >= 4 is 0 Å². The largest absolute Gasteiger partial charge is 0.315 e. The summed E-state index contributed by atoms with van der Waals surface area (Å²) < 4.78 is 1.68. The standard InChI is InChI=1S/C12H13N3O/c1-3-11-10(4-5-12(16)15(11)2)9-6-7-13-14-8-9/h4-8H,3H2,1-2H3. The van der Waals surface area contributed by atoms with E-state index >= 15 is 0 Å². The van der Waals surface area contributed by atoms with Crippen LogP contribution in [0.5, 0.6) is 0 Å². The lowest BCUT2D eigenvalue weighted by Crippen LogP contribution is -2.19. The van der Waals surface area contributed by atoms with Gasteiger partial charge in [-0.1, -0.05) is 6.92 Å². The Bertz CT molecular complexity index is 546. The summed E-state index contributed by atoms with van der Waals surface area (Å²) >= 11 is 0. The molecule has 0 N–H and O–H groups in total. The highest BCUT2D eigenvalue weighted by Crippen LogP contribution is 2.20. The van der Waals surface area contributed by atoms with Crippen LogP contribution in [-0.2, 0) is 13.5 Å². The Labute approximate surface area is 93.6 Å². The van der Waals surface area contributed by atoms with Gasteiger partial charge in [-0.15, -0.1) is 0 Å². The minimum absolute atomic E-state index is 0.0163. The van der Waals surface area contributed by atoms with Crippen LogP contribution in [-0.4, -0.2) is 14.8 Å². The van der Waals surface area contributed by atoms with Gasteiger partial charge in [-0.3, -0.25) is 4.79 Å². The number of pyridine rings is 1. The molecule has 82 valence electrons. The van der Waals surface area contributed by atoms with Crippen molar-refractivity contribution in [2.75, 3.05) is 0 Å². The van der Waals surface area contributed by atoms with Gasteiger partial charge in [-0.05, 0) is 18.6 Å². The molecule has 2 rings (SSSR count). The molecular formula is C12H13N3O. The van der Waals surface area contributed by atoms with E-state index in [0.29, 0.717) is 0 Å². The van der Waals surface area contributed by atoms with Crippen LogP contribution in [0, 0.1) is 0 Å². The molecule has 2 heterocycles. The van der Waals surface area contributed by atoms with E-state index in [-0.39, 0.29) is 5.56 Å². The smallest absolute Gasteiger partial charge is 0.250 e. The molecule has 0 saturated heterocycles. The number of hydrogen-bond acceptors (Lipinski definition) is 3. The van der Waals surface area contributed by atoms with E-state index in [2.05, 4.69) is 10.2 Å². The Kier molecular flexibility index (Phi) is 2.81. The van der Waals surface area contributed by atoms with Gasteiger partial charge in [-0.2, -0.15) is 10.2 Å². The van der Waals surface area contributed by atoms with Crippen LogP contribution in [0.1, 0.15) is 12.6 Å². The second-order valence-electron chi connectivity index (χ2n) is 3.58. The zero-order chi connectivity index (χ0) is 11.5. The van der Waals surface area contributed by atoms with Gasteiger partial charge in [0.05, 0.1) is 12.4 Å². The summed E-state index contributed by atoms with van der Waals surface area (Å²) in [5.41, 5.74) is 3.06. The molecule has 0 fully saturated rings. The first-order valence-electron chi connectivity index (χ1n) is 5.20. The Morgan fingerprint density at radius 3 is 2.69 bits per heavy atom. The fourth-order valence-electron chi connectivity index (χ4n) is 1.82. The molecule has 0 spiro atoms. The lowest BCUT2D eigenvalue weighted by Gasteiger charge is -2.11. The minimum atomic E-state index is 0.0163. The van der Waals surface area contributed by atoms with E-state index in [1.807, 2.05) is 19.1 Å². The number of hydrogen-bond donors (Lipinski definition) is 0. The molecule has 0 saturated carbocycles. The molecule has 0 unspecified atom stereocenters. The molecule has 16 heavy (non-hydrogen) atoms. The molecule has 0 aromatic carbocycles. The van der Waals surface area contributed by atoms with Crippen molar-refractivity contribution in [2.45, 2.75) is 13.3 Å². The van der Waals surface area contributed by atoms with E-state index in [9.17, 15) is 4.79 Å². The lowest BCUT2D eigenvalue weighted by atomic mass is 10.0. The highest BCUT2D eigenvalue weighted by molar-refractivity contribution is 5.64. The van der Waals surface area contributed by atoms with Crippen LogP contribution in [0.15, 0.2) is 35.4 Å². The lowest BCUT2D eigenvalue weighted by molar-refractivity contribution is 0.785. The van der Waals surface area contributed by atoms with Crippen molar-refractivity contribution in [1.82, 2.24) is 14.8 Å². The molecule has 4 nitrogen and oxygen atoms in total. The zero-order valence-corrected chi connectivity index (χ0v) is 9.34. The van der Waals surface area contributed by atoms with Gasteiger partial charge in [0.25, 0.3) is 0 Å². The topological polar surface area (TPSA) is 47.8 Å². The quantitative estimate of drug-likeness (QED) is 0.760. The van der Waals surface area contributed by atoms with Crippen LogP contribution in [0.25, 0.3) is 11.1 Å². The highest BCUT2D eigenvalue weighted by Gasteiger charge is 2.07. The number of nitrogens with zero attached hydrogens (tertiary/aromatic N) is 3. The number of rotatable bonds is 2.